The van der Waals surface area contributed by atoms with E-state index >= 15 is 0 Å². The largest absolute Gasteiger partial charge is 0.480 e. The molecule has 0 radical (unpaired) electrons. The van der Waals surface area contributed by atoms with E-state index in [2.05, 4.69) is 17.9 Å². The molecule has 102 valence electrons. The molecule has 1 aliphatic rings. The van der Waals surface area contributed by atoms with Gasteiger partial charge in [-0.1, -0.05) is 0 Å². The lowest BCUT2D eigenvalue weighted by atomic mass is 10.2. The molecular weight excluding hydrogens is 256 g/mol. The summed E-state index contributed by atoms with van der Waals surface area (Å²) in [4.78, 5) is 35.7. The molecule has 1 saturated heterocycles. The quantitative estimate of drug-likeness (QED) is 0.610. The van der Waals surface area contributed by atoms with Gasteiger partial charge in [0.1, 0.15) is 12.1 Å². The van der Waals surface area contributed by atoms with Gasteiger partial charge < -0.3 is 15.3 Å². The van der Waals surface area contributed by atoms with E-state index in [-0.39, 0.29) is 18.2 Å². The van der Waals surface area contributed by atoms with E-state index in [9.17, 15) is 14.4 Å². The molecule has 2 N–H and O–H groups in total. The first-order valence-electron chi connectivity index (χ1n) is 5.91. The summed E-state index contributed by atoms with van der Waals surface area (Å²) >= 11 is 3.93. The molecule has 0 aromatic heterocycles. The van der Waals surface area contributed by atoms with Crippen LogP contribution in [-0.4, -0.2) is 52.2 Å². The Morgan fingerprint density at radius 3 is 2.72 bits per heavy atom. The number of likely N-dealkylation sites (tertiary alicyclic amines) is 1. The van der Waals surface area contributed by atoms with Gasteiger partial charge in [-0.05, 0) is 25.5 Å². The molecule has 7 heteroatoms. The third-order valence-corrected chi connectivity index (χ3v) is 3.13. The number of carboxylic acid groups (broad SMARTS) is 1. The number of carboxylic acids is 1. The average Bonchev–Trinajstić information content (AvgIpc) is 2.76. The van der Waals surface area contributed by atoms with E-state index in [1.165, 1.54) is 4.90 Å². The lowest BCUT2D eigenvalue weighted by molar-refractivity contribution is -0.149. The van der Waals surface area contributed by atoms with Crippen LogP contribution in [0.5, 0.6) is 0 Å². The molecule has 0 saturated carbocycles. The van der Waals surface area contributed by atoms with Gasteiger partial charge in [0, 0.05) is 13.0 Å². The molecule has 1 fully saturated rings. The van der Waals surface area contributed by atoms with Crippen LogP contribution in [0, 0.1) is 0 Å². The van der Waals surface area contributed by atoms with Gasteiger partial charge in [-0.15, -0.1) is 0 Å². The maximum atomic E-state index is 12.0. The fourth-order valence-corrected chi connectivity index (χ4v) is 2.22. The molecule has 0 aliphatic carbocycles. The molecule has 1 heterocycles. The Kier molecular flexibility index (Phi) is 5.46. The highest BCUT2D eigenvalue weighted by Crippen LogP contribution is 2.18. The van der Waals surface area contributed by atoms with Gasteiger partial charge in [-0.2, -0.15) is 12.6 Å². The van der Waals surface area contributed by atoms with E-state index in [0.717, 1.165) is 0 Å². The topological polar surface area (TPSA) is 86.7 Å². The van der Waals surface area contributed by atoms with Gasteiger partial charge in [0.2, 0.25) is 11.8 Å². The van der Waals surface area contributed by atoms with Crippen LogP contribution < -0.4 is 5.32 Å². The molecule has 2 amide bonds. The molecule has 1 aliphatic heterocycles. The first-order valence-corrected chi connectivity index (χ1v) is 6.54. The number of nitrogens with zero attached hydrogens (tertiary/aromatic N) is 1. The Bertz CT molecular complexity index is 348. The van der Waals surface area contributed by atoms with Gasteiger partial charge in [-0.3, -0.25) is 9.59 Å². The Hall–Kier alpha value is -1.24. The van der Waals surface area contributed by atoms with Crippen molar-refractivity contribution in [2.45, 2.75) is 38.3 Å². The number of hydrogen-bond acceptors (Lipinski definition) is 4. The molecule has 0 aromatic carbocycles. The second kappa shape index (κ2) is 6.63. The monoisotopic (exact) mass is 274 g/mol. The summed E-state index contributed by atoms with van der Waals surface area (Å²) in [7, 11) is 0. The lowest BCUT2D eigenvalue weighted by Crippen LogP contribution is -2.50. The minimum absolute atomic E-state index is 0.239. The number of carbonyl (C=O) groups is 3. The summed E-state index contributed by atoms with van der Waals surface area (Å²) in [5, 5.41) is 11.5. The van der Waals surface area contributed by atoms with Crippen molar-refractivity contribution in [3.63, 3.8) is 0 Å². The van der Waals surface area contributed by atoms with Crippen molar-refractivity contribution < 1.29 is 19.5 Å². The third-order valence-electron chi connectivity index (χ3n) is 2.91. The maximum absolute atomic E-state index is 12.0. The highest BCUT2D eigenvalue weighted by atomic mass is 32.1. The SMILES string of the molecule is C[C@H](NC(=O)CCS)C(=O)N1CCC[C@H]1C(=O)O. The Labute approximate surface area is 111 Å². The molecule has 18 heavy (non-hydrogen) atoms. The van der Waals surface area contributed by atoms with E-state index in [1.54, 1.807) is 6.92 Å². The van der Waals surface area contributed by atoms with E-state index in [0.29, 0.717) is 25.1 Å². The van der Waals surface area contributed by atoms with E-state index < -0.39 is 18.1 Å². The summed E-state index contributed by atoms with van der Waals surface area (Å²) in [6.07, 6.45) is 1.39. The Balaban J connectivity index is 2.57. The number of amides is 2. The zero-order chi connectivity index (χ0) is 13.7. The van der Waals surface area contributed by atoms with E-state index in [4.69, 9.17) is 5.11 Å². The standard InChI is InChI=1S/C11H18N2O4S/c1-7(12-9(14)4-6-18)10(15)13-5-2-3-8(13)11(16)17/h7-8,18H,2-6H2,1H3,(H,12,14)(H,16,17)/t7-,8-/m0/s1. The summed E-state index contributed by atoms with van der Waals surface area (Å²) in [5.74, 6) is -1.17. The van der Waals surface area contributed by atoms with Crippen LogP contribution in [0.25, 0.3) is 0 Å². The van der Waals surface area contributed by atoms with Gasteiger partial charge in [0.25, 0.3) is 0 Å². The van der Waals surface area contributed by atoms with Gasteiger partial charge in [0.15, 0.2) is 0 Å². The highest BCUT2D eigenvalue weighted by molar-refractivity contribution is 7.80. The normalized spacial score (nSPS) is 20.6. The zero-order valence-corrected chi connectivity index (χ0v) is 11.2. The number of thiol groups is 1. The van der Waals surface area contributed by atoms with Crippen molar-refractivity contribution in [2.24, 2.45) is 0 Å². The van der Waals surface area contributed by atoms with Crippen molar-refractivity contribution in [3.05, 3.63) is 0 Å². The van der Waals surface area contributed by atoms with Gasteiger partial charge in [0.05, 0.1) is 0 Å². The van der Waals surface area contributed by atoms with Crippen LogP contribution in [0.4, 0.5) is 0 Å². The fraction of sp³-hybridized carbons (Fsp3) is 0.727. The van der Waals surface area contributed by atoms with Crippen LogP contribution in [0.2, 0.25) is 0 Å². The highest BCUT2D eigenvalue weighted by Gasteiger charge is 2.36. The van der Waals surface area contributed by atoms with Crippen molar-refractivity contribution in [1.29, 1.82) is 0 Å². The fourth-order valence-electron chi connectivity index (χ4n) is 2.01. The lowest BCUT2D eigenvalue weighted by Gasteiger charge is -2.25. The second-order valence-electron chi connectivity index (χ2n) is 4.29. The maximum Gasteiger partial charge on any atom is 0.326 e. The number of hydrogen-bond donors (Lipinski definition) is 3. The van der Waals surface area contributed by atoms with Gasteiger partial charge in [-0.25, -0.2) is 4.79 Å². The zero-order valence-electron chi connectivity index (χ0n) is 10.3. The number of aliphatic carboxylic acids is 1. The third kappa shape index (κ3) is 3.63. The molecule has 6 nitrogen and oxygen atoms in total. The molecule has 0 spiro atoms. The van der Waals surface area contributed by atoms with Crippen molar-refractivity contribution in [2.75, 3.05) is 12.3 Å². The summed E-state index contributed by atoms with van der Waals surface area (Å²) < 4.78 is 0. The van der Waals surface area contributed by atoms with Crippen molar-refractivity contribution >= 4 is 30.4 Å². The van der Waals surface area contributed by atoms with Crippen molar-refractivity contribution in [1.82, 2.24) is 10.2 Å². The van der Waals surface area contributed by atoms with E-state index in [1.807, 2.05) is 0 Å². The van der Waals surface area contributed by atoms with Gasteiger partial charge >= 0.3 is 5.97 Å². The first kappa shape index (κ1) is 14.8. The van der Waals surface area contributed by atoms with Crippen LogP contribution in [0.1, 0.15) is 26.2 Å². The number of nitrogens with one attached hydrogen (secondary N) is 1. The minimum atomic E-state index is -0.991. The first-order chi connectivity index (χ1) is 8.47. The van der Waals surface area contributed by atoms with Crippen molar-refractivity contribution in [3.8, 4) is 0 Å². The Morgan fingerprint density at radius 1 is 1.50 bits per heavy atom. The van der Waals surface area contributed by atoms with Crippen LogP contribution in [0.15, 0.2) is 0 Å². The predicted octanol–water partition coefficient (Wildman–Crippen LogP) is -0.113. The molecule has 1 rings (SSSR count). The smallest absolute Gasteiger partial charge is 0.326 e. The average molecular weight is 274 g/mol. The molecular formula is C11H18N2O4S. The number of rotatable bonds is 5. The molecule has 0 bridgehead atoms. The summed E-state index contributed by atoms with van der Waals surface area (Å²) in [6.45, 7) is 2.00. The predicted molar refractivity (Wildman–Crippen MR) is 68.4 cm³/mol. The second-order valence-corrected chi connectivity index (χ2v) is 4.74. The molecule has 0 aromatic rings. The van der Waals surface area contributed by atoms with Crippen LogP contribution in [0.3, 0.4) is 0 Å². The summed E-state index contributed by atoms with van der Waals surface area (Å²) in [6, 6.07) is -1.46. The van der Waals surface area contributed by atoms with Crippen LogP contribution >= 0.6 is 12.6 Å². The summed E-state index contributed by atoms with van der Waals surface area (Å²) in [5.41, 5.74) is 0. The van der Waals surface area contributed by atoms with Crippen LogP contribution in [-0.2, 0) is 14.4 Å². The Morgan fingerprint density at radius 2 is 2.17 bits per heavy atom. The minimum Gasteiger partial charge on any atom is -0.480 e. The molecule has 2 atom stereocenters. The molecule has 0 unspecified atom stereocenters. The number of carbonyl (C=O) groups excluding carboxylic acids is 2.